The van der Waals surface area contributed by atoms with E-state index in [1.54, 1.807) is 0 Å². The molecule has 0 aromatic carbocycles. The Morgan fingerprint density at radius 2 is 1.94 bits per heavy atom. The largest absolute Gasteiger partial charge is 0.405 e. The van der Waals surface area contributed by atoms with Crippen molar-refractivity contribution in [2.24, 2.45) is 0 Å². The number of alkyl halides is 3. The molecular weight excluding hydrogens is 247 g/mol. The normalized spacial score (nSPS) is 29.2. The number of fused-ring (bicyclic) bond motifs is 2. The minimum Gasteiger partial charge on any atom is -0.329 e. The molecule has 2 fully saturated rings. The fourth-order valence-electron chi connectivity index (χ4n) is 2.78. The number of urea groups is 1. The van der Waals surface area contributed by atoms with Gasteiger partial charge in [-0.3, -0.25) is 4.90 Å². The van der Waals surface area contributed by atoms with Gasteiger partial charge in [-0.25, -0.2) is 4.79 Å². The minimum absolute atomic E-state index is 0.286. The summed E-state index contributed by atoms with van der Waals surface area (Å²) >= 11 is 0. The summed E-state index contributed by atoms with van der Waals surface area (Å²) in [6, 6.07) is 0.151. The van der Waals surface area contributed by atoms with E-state index in [9.17, 15) is 18.0 Å². The summed E-state index contributed by atoms with van der Waals surface area (Å²) in [5, 5.41) is 1.94. The highest BCUT2D eigenvalue weighted by Gasteiger charge is 2.36. The Morgan fingerprint density at radius 1 is 1.28 bits per heavy atom. The molecule has 0 aliphatic carbocycles. The summed E-state index contributed by atoms with van der Waals surface area (Å²) in [6.07, 6.45) is -1.37. The van der Waals surface area contributed by atoms with Crippen molar-refractivity contribution in [3.63, 3.8) is 0 Å². The molecule has 0 spiro atoms. The first-order chi connectivity index (χ1) is 8.37. The molecule has 2 saturated heterocycles. The van der Waals surface area contributed by atoms with Gasteiger partial charge in [0.1, 0.15) is 6.54 Å². The zero-order valence-corrected chi connectivity index (χ0v) is 10.3. The van der Waals surface area contributed by atoms with Crippen LogP contribution in [0.1, 0.15) is 19.3 Å². The summed E-state index contributed by atoms with van der Waals surface area (Å²) in [5.74, 6) is 0. The molecule has 2 bridgehead atoms. The van der Waals surface area contributed by atoms with Crippen LogP contribution in [0.2, 0.25) is 0 Å². The zero-order chi connectivity index (χ0) is 13.3. The number of carbonyl (C=O) groups excluding carboxylic acids is 1. The van der Waals surface area contributed by atoms with E-state index in [0.29, 0.717) is 19.1 Å². The van der Waals surface area contributed by atoms with Crippen molar-refractivity contribution in [1.29, 1.82) is 0 Å². The molecule has 0 radical (unpaired) electrons. The van der Waals surface area contributed by atoms with Gasteiger partial charge in [0.25, 0.3) is 0 Å². The summed E-state index contributed by atoms with van der Waals surface area (Å²) < 4.78 is 36.1. The highest BCUT2D eigenvalue weighted by atomic mass is 19.4. The molecule has 0 aromatic rings. The van der Waals surface area contributed by atoms with E-state index in [1.807, 2.05) is 12.4 Å². The Bertz CT molecular complexity index is 321. The molecular formula is C11H18F3N3O. The second kappa shape index (κ2) is 4.95. The second-order valence-electron chi connectivity index (χ2n) is 5.06. The second-order valence-corrected chi connectivity index (χ2v) is 5.06. The zero-order valence-electron chi connectivity index (χ0n) is 10.3. The molecule has 2 unspecified atom stereocenters. The Labute approximate surface area is 104 Å². The van der Waals surface area contributed by atoms with E-state index >= 15 is 0 Å². The Morgan fingerprint density at radius 3 is 2.61 bits per heavy atom. The Balaban J connectivity index is 1.88. The highest BCUT2D eigenvalue weighted by molar-refractivity contribution is 5.74. The van der Waals surface area contributed by atoms with Crippen molar-refractivity contribution in [3.8, 4) is 0 Å². The molecule has 0 aromatic heterocycles. The van der Waals surface area contributed by atoms with E-state index in [2.05, 4.69) is 4.90 Å². The first kappa shape index (κ1) is 13.5. The molecule has 2 rings (SSSR count). The number of nitrogens with zero attached hydrogens (tertiary/aromatic N) is 2. The minimum atomic E-state index is -4.35. The molecule has 104 valence electrons. The third kappa shape index (κ3) is 3.07. The van der Waals surface area contributed by atoms with Gasteiger partial charge in [0, 0.05) is 25.2 Å². The molecule has 4 nitrogen and oxygen atoms in total. The lowest BCUT2D eigenvalue weighted by atomic mass is 10.1. The van der Waals surface area contributed by atoms with Crippen molar-refractivity contribution in [2.75, 3.05) is 26.7 Å². The van der Waals surface area contributed by atoms with Gasteiger partial charge in [0.05, 0.1) is 0 Å². The third-order valence-electron chi connectivity index (χ3n) is 3.88. The predicted octanol–water partition coefficient (Wildman–Crippen LogP) is 1.43. The summed E-state index contributed by atoms with van der Waals surface area (Å²) in [4.78, 5) is 15.4. The molecule has 2 heterocycles. The molecule has 2 aliphatic heterocycles. The molecule has 18 heavy (non-hydrogen) atoms. The topological polar surface area (TPSA) is 35.6 Å². The fraction of sp³-hybridized carbons (Fsp3) is 0.909. The van der Waals surface area contributed by atoms with Gasteiger partial charge in [0.15, 0.2) is 0 Å². The number of hydrogen-bond donors (Lipinski definition) is 1. The number of halogens is 3. The maximum atomic E-state index is 12.0. The lowest BCUT2D eigenvalue weighted by Crippen LogP contribution is -2.47. The third-order valence-corrected chi connectivity index (χ3v) is 3.88. The molecule has 7 heteroatoms. The summed E-state index contributed by atoms with van der Waals surface area (Å²) in [7, 11) is 2.03. The summed E-state index contributed by atoms with van der Waals surface area (Å²) in [5.41, 5.74) is 0. The first-order valence-corrected chi connectivity index (χ1v) is 6.18. The summed E-state index contributed by atoms with van der Waals surface area (Å²) in [6.45, 7) is -0.196. The van der Waals surface area contributed by atoms with Crippen molar-refractivity contribution in [2.45, 2.75) is 37.5 Å². The number of amides is 2. The van der Waals surface area contributed by atoms with E-state index in [4.69, 9.17) is 0 Å². The van der Waals surface area contributed by atoms with Gasteiger partial charge in [-0.15, -0.1) is 0 Å². The molecule has 2 aliphatic rings. The lowest BCUT2D eigenvalue weighted by Gasteiger charge is -2.26. The monoisotopic (exact) mass is 265 g/mol. The first-order valence-electron chi connectivity index (χ1n) is 6.18. The van der Waals surface area contributed by atoms with Crippen LogP contribution in [0.15, 0.2) is 0 Å². The van der Waals surface area contributed by atoms with Crippen LogP contribution in [0, 0.1) is 0 Å². The van der Waals surface area contributed by atoms with Crippen molar-refractivity contribution >= 4 is 6.03 Å². The van der Waals surface area contributed by atoms with Crippen LogP contribution in [0.4, 0.5) is 18.0 Å². The molecule has 0 saturated carbocycles. The van der Waals surface area contributed by atoms with Crippen molar-refractivity contribution < 1.29 is 18.0 Å². The highest BCUT2D eigenvalue weighted by Crippen LogP contribution is 2.28. The molecule has 1 N–H and O–H groups in total. The average molecular weight is 265 g/mol. The van der Waals surface area contributed by atoms with Gasteiger partial charge < -0.3 is 10.2 Å². The van der Waals surface area contributed by atoms with Gasteiger partial charge in [0.2, 0.25) is 0 Å². The van der Waals surface area contributed by atoms with E-state index in [0.717, 1.165) is 19.3 Å². The standard InChI is InChI=1S/C11H18F3N3O/c1-16-8-2-3-9(16)6-17(5-4-8)10(18)15-7-11(12,13)14/h8-9H,2-7H2,1H3,(H,15,18). The van der Waals surface area contributed by atoms with E-state index in [1.165, 1.54) is 4.90 Å². The van der Waals surface area contributed by atoms with Crippen LogP contribution in [0.3, 0.4) is 0 Å². The van der Waals surface area contributed by atoms with Crippen LogP contribution in [-0.2, 0) is 0 Å². The maximum absolute atomic E-state index is 12.0. The Kier molecular flexibility index (Phi) is 3.70. The molecule has 2 amide bonds. The van der Waals surface area contributed by atoms with E-state index in [-0.39, 0.29) is 6.04 Å². The van der Waals surface area contributed by atoms with Gasteiger partial charge in [-0.05, 0) is 26.3 Å². The molecule has 2 atom stereocenters. The smallest absolute Gasteiger partial charge is 0.329 e. The van der Waals surface area contributed by atoms with Gasteiger partial charge in [-0.1, -0.05) is 0 Å². The average Bonchev–Trinajstić information content (AvgIpc) is 2.49. The predicted molar refractivity (Wildman–Crippen MR) is 60.2 cm³/mol. The maximum Gasteiger partial charge on any atom is 0.405 e. The number of likely N-dealkylation sites (N-methyl/N-ethyl adjacent to an activating group) is 1. The number of rotatable bonds is 1. The quantitative estimate of drug-likeness (QED) is 0.778. The SMILES string of the molecule is CN1C2CCC1CN(C(=O)NCC(F)(F)F)CC2. The number of hydrogen-bond acceptors (Lipinski definition) is 2. The number of carbonyl (C=O) groups is 1. The Hall–Kier alpha value is -0.980. The van der Waals surface area contributed by atoms with Crippen molar-refractivity contribution in [3.05, 3.63) is 0 Å². The van der Waals surface area contributed by atoms with Crippen LogP contribution in [-0.4, -0.2) is 60.8 Å². The van der Waals surface area contributed by atoms with Crippen molar-refractivity contribution in [1.82, 2.24) is 15.1 Å². The van der Waals surface area contributed by atoms with Crippen LogP contribution in [0.5, 0.6) is 0 Å². The van der Waals surface area contributed by atoms with Gasteiger partial charge >= 0.3 is 12.2 Å². The van der Waals surface area contributed by atoms with E-state index < -0.39 is 18.8 Å². The fourth-order valence-corrected chi connectivity index (χ4v) is 2.78. The van der Waals surface area contributed by atoms with Gasteiger partial charge in [-0.2, -0.15) is 13.2 Å². The van der Waals surface area contributed by atoms with Crippen LogP contribution >= 0.6 is 0 Å². The number of nitrogens with one attached hydrogen (secondary N) is 1. The lowest BCUT2D eigenvalue weighted by molar-refractivity contribution is -0.123. The van der Waals surface area contributed by atoms with Crippen LogP contribution in [0.25, 0.3) is 0 Å². The van der Waals surface area contributed by atoms with Crippen LogP contribution < -0.4 is 5.32 Å². The number of likely N-dealkylation sites (tertiary alicyclic amines) is 1.